The minimum Gasteiger partial charge on any atom is -0.378 e. The van der Waals surface area contributed by atoms with Gasteiger partial charge in [0.1, 0.15) is 0 Å². The fourth-order valence-corrected chi connectivity index (χ4v) is 4.67. The van der Waals surface area contributed by atoms with Gasteiger partial charge in [0.2, 0.25) is 0 Å². The predicted octanol–water partition coefficient (Wildman–Crippen LogP) is 8.94. The van der Waals surface area contributed by atoms with Crippen LogP contribution in [-0.2, 0) is 0 Å². The van der Waals surface area contributed by atoms with Gasteiger partial charge < -0.3 is 9.80 Å². The average molecular weight is 549 g/mol. The van der Waals surface area contributed by atoms with Crippen molar-refractivity contribution in [1.29, 1.82) is 0 Å². The number of anilines is 2. The maximum absolute atomic E-state index is 4.39. The monoisotopic (exact) mass is 548 g/mol. The number of rotatable bonds is 6. The van der Waals surface area contributed by atoms with Crippen LogP contribution in [0.2, 0.25) is 0 Å². The molecule has 0 bridgehead atoms. The van der Waals surface area contributed by atoms with E-state index in [1.165, 1.54) is 44.4 Å². The lowest BCUT2D eigenvalue weighted by atomic mass is 10.1. The first kappa shape index (κ1) is 28.3. The highest BCUT2D eigenvalue weighted by atomic mass is 15.1. The van der Waals surface area contributed by atoms with E-state index in [0.29, 0.717) is 0 Å². The molecule has 2 aromatic heterocycles. The van der Waals surface area contributed by atoms with E-state index in [-0.39, 0.29) is 0 Å². The van der Waals surface area contributed by atoms with Gasteiger partial charge in [-0.2, -0.15) is 0 Å². The summed E-state index contributed by atoms with van der Waals surface area (Å²) in [6, 6.07) is 37.6. The third-order valence-electron chi connectivity index (χ3n) is 7.10. The van der Waals surface area contributed by atoms with E-state index >= 15 is 0 Å². The molecule has 0 aliphatic heterocycles. The first-order valence-corrected chi connectivity index (χ1v) is 14.1. The van der Waals surface area contributed by atoms with Crippen LogP contribution >= 0.6 is 0 Å². The molecule has 0 saturated carbocycles. The molecule has 0 fully saturated rings. The van der Waals surface area contributed by atoms with Gasteiger partial charge in [0.05, 0.1) is 11.0 Å². The molecular formula is C38H36N4. The van der Waals surface area contributed by atoms with Crippen LogP contribution in [0.1, 0.15) is 22.3 Å². The Morgan fingerprint density at radius 1 is 0.429 bits per heavy atom. The zero-order valence-electron chi connectivity index (χ0n) is 24.6. The highest BCUT2D eigenvalue weighted by molar-refractivity contribution is 5.91. The molecule has 4 aromatic carbocycles. The van der Waals surface area contributed by atoms with E-state index < -0.39 is 0 Å². The lowest BCUT2D eigenvalue weighted by Crippen LogP contribution is -2.07. The maximum Gasteiger partial charge on any atom is 0.0707 e. The van der Waals surface area contributed by atoms with Crippen LogP contribution in [-0.4, -0.2) is 38.2 Å². The summed E-state index contributed by atoms with van der Waals surface area (Å²) in [7, 11) is 8.20. The van der Waals surface area contributed by atoms with E-state index in [4.69, 9.17) is 0 Å². The van der Waals surface area contributed by atoms with Crippen molar-refractivity contribution in [2.45, 2.75) is 0 Å². The normalized spacial score (nSPS) is 11.1. The minimum absolute atomic E-state index is 1.03. The summed E-state index contributed by atoms with van der Waals surface area (Å²) < 4.78 is 0. The summed E-state index contributed by atoms with van der Waals surface area (Å²) in [5, 5.41) is 2.36. The molecule has 6 rings (SSSR count). The van der Waals surface area contributed by atoms with Crippen LogP contribution in [0.4, 0.5) is 11.4 Å². The molecule has 0 amide bonds. The van der Waals surface area contributed by atoms with E-state index in [1.807, 2.05) is 89.1 Å². The van der Waals surface area contributed by atoms with E-state index in [9.17, 15) is 0 Å². The maximum atomic E-state index is 4.39. The number of pyridine rings is 2. The molecule has 0 radical (unpaired) electrons. The van der Waals surface area contributed by atoms with Gasteiger partial charge in [-0.3, -0.25) is 9.97 Å². The number of hydrogen-bond donors (Lipinski definition) is 0. The molecule has 42 heavy (non-hydrogen) atoms. The Bertz CT molecular complexity index is 1670. The Morgan fingerprint density at radius 2 is 0.810 bits per heavy atom. The quantitative estimate of drug-likeness (QED) is 0.208. The standard InChI is InChI=1S/2C19H18N2/c2*1-21(2)17-11-8-15(9-12-17)7-10-16-13-14-20-19-6-4-3-5-18(16)19/h2*3-14H,1-2H3. The molecule has 0 atom stereocenters. The summed E-state index contributed by atoms with van der Waals surface area (Å²) in [6.45, 7) is 0. The molecule has 0 aliphatic rings. The van der Waals surface area contributed by atoms with Crippen LogP contribution in [0.3, 0.4) is 0 Å². The third kappa shape index (κ3) is 7.10. The topological polar surface area (TPSA) is 32.3 Å². The average Bonchev–Trinajstić information content (AvgIpc) is 3.03. The summed E-state index contributed by atoms with van der Waals surface area (Å²) in [5.41, 5.74) is 9.26. The van der Waals surface area contributed by atoms with Crippen molar-refractivity contribution in [2.75, 3.05) is 38.0 Å². The van der Waals surface area contributed by atoms with E-state index in [1.54, 1.807) is 0 Å². The van der Waals surface area contributed by atoms with Crippen LogP contribution in [0, 0.1) is 0 Å². The largest absolute Gasteiger partial charge is 0.378 e. The summed E-state index contributed by atoms with van der Waals surface area (Å²) in [5.74, 6) is 0. The number of aromatic nitrogens is 2. The Balaban J connectivity index is 0.000000168. The first-order valence-electron chi connectivity index (χ1n) is 14.1. The molecule has 0 N–H and O–H groups in total. The van der Waals surface area contributed by atoms with Gasteiger partial charge in [-0.15, -0.1) is 0 Å². The Morgan fingerprint density at radius 3 is 1.19 bits per heavy atom. The van der Waals surface area contributed by atoms with Gasteiger partial charge in [0.25, 0.3) is 0 Å². The Kier molecular flexibility index (Phi) is 9.05. The SMILES string of the molecule is CN(C)c1ccc(C=Cc2ccnc3ccccc23)cc1.CN(C)c1ccc(C=Cc2ccnc3ccccc23)cc1. The summed E-state index contributed by atoms with van der Waals surface area (Å²) in [4.78, 5) is 13.0. The second kappa shape index (κ2) is 13.4. The van der Waals surface area contributed by atoms with Gasteiger partial charge in [-0.05, 0) is 70.8 Å². The fourth-order valence-electron chi connectivity index (χ4n) is 4.67. The number of benzene rings is 4. The first-order chi connectivity index (χ1) is 20.5. The van der Waals surface area contributed by atoms with Crippen molar-refractivity contribution in [3.8, 4) is 0 Å². The van der Waals surface area contributed by atoms with Crippen molar-refractivity contribution in [1.82, 2.24) is 9.97 Å². The van der Waals surface area contributed by atoms with Crippen LogP contribution < -0.4 is 9.80 Å². The van der Waals surface area contributed by atoms with Crippen molar-refractivity contribution < 1.29 is 0 Å². The highest BCUT2D eigenvalue weighted by Crippen LogP contribution is 2.21. The zero-order chi connectivity index (χ0) is 29.3. The third-order valence-corrected chi connectivity index (χ3v) is 7.10. The molecule has 2 heterocycles. The van der Waals surface area contributed by atoms with Gasteiger partial charge in [0.15, 0.2) is 0 Å². The number of nitrogens with zero attached hydrogens (tertiary/aromatic N) is 4. The van der Waals surface area contributed by atoms with Crippen molar-refractivity contribution >= 4 is 57.5 Å². The van der Waals surface area contributed by atoms with Gasteiger partial charge in [-0.25, -0.2) is 0 Å². The Labute approximate surface area is 248 Å². The molecule has 4 heteroatoms. The smallest absolute Gasteiger partial charge is 0.0707 e. The molecule has 0 spiro atoms. The van der Waals surface area contributed by atoms with E-state index in [0.717, 1.165) is 11.0 Å². The van der Waals surface area contributed by atoms with Crippen LogP contribution in [0.5, 0.6) is 0 Å². The molecule has 0 saturated heterocycles. The van der Waals surface area contributed by atoms with Crippen molar-refractivity contribution in [3.63, 3.8) is 0 Å². The molecule has 208 valence electrons. The van der Waals surface area contributed by atoms with Gasteiger partial charge in [-0.1, -0.05) is 85.0 Å². The van der Waals surface area contributed by atoms with Gasteiger partial charge >= 0.3 is 0 Å². The molecule has 0 unspecified atom stereocenters. The summed E-state index contributed by atoms with van der Waals surface area (Å²) >= 11 is 0. The molecule has 0 aliphatic carbocycles. The fraction of sp³-hybridized carbons (Fsp3) is 0.105. The number of para-hydroxylation sites is 2. The lowest BCUT2D eigenvalue weighted by Gasteiger charge is -2.11. The number of hydrogen-bond acceptors (Lipinski definition) is 4. The predicted molar refractivity (Wildman–Crippen MR) is 183 cm³/mol. The molecule has 4 nitrogen and oxygen atoms in total. The minimum atomic E-state index is 1.03. The van der Waals surface area contributed by atoms with E-state index in [2.05, 4.69) is 105 Å². The highest BCUT2D eigenvalue weighted by Gasteiger charge is 2.00. The molecular weight excluding hydrogens is 512 g/mol. The summed E-state index contributed by atoms with van der Waals surface area (Å²) in [6.07, 6.45) is 12.3. The second-order valence-electron chi connectivity index (χ2n) is 10.5. The van der Waals surface area contributed by atoms with Gasteiger partial charge in [0, 0.05) is 62.7 Å². The molecule has 6 aromatic rings. The van der Waals surface area contributed by atoms with Crippen LogP contribution in [0.15, 0.2) is 122 Å². The van der Waals surface area contributed by atoms with Crippen LogP contribution in [0.25, 0.3) is 46.1 Å². The van der Waals surface area contributed by atoms with Crippen molar-refractivity contribution in [3.05, 3.63) is 144 Å². The van der Waals surface area contributed by atoms with Crippen molar-refractivity contribution in [2.24, 2.45) is 0 Å². The Hall–Kier alpha value is -5.22. The number of fused-ring (bicyclic) bond motifs is 2. The lowest BCUT2D eigenvalue weighted by molar-refractivity contribution is 1.13. The zero-order valence-corrected chi connectivity index (χ0v) is 24.6. The second-order valence-corrected chi connectivity index (χ2v) is 10.5.